The number of carbonyl (C=O) groups excluding carboxylic acids is 2. The molecule has 42 heavy (non-hydrogen) atoms. The largest absolute Gasteiger partial charge is 0.383 e. The number of ether oxygens (including phenoxy) is 1. The van der Waals surface area contributed by atoms with E-state index >= 15 is 0 Å². The molecule has 0 aliphatic heterocycles. The van der Waals surface area contributed by atoms with Crippen molar-refractivity contribution in [3.05, 3.63) is 64.4 Å². The van der Waals surface area contributed by atoms with Gasteiger partial charge in [-0.1, -0.05) is 56.1 Å². The maximum Gasteiger partial charge on any atom is 0.242 e. The lowest BCUT2D eigenvalue weighted by Gasteiger charge is -2.36. The van der Waals surface area contributed by atoms with Gasteiger partial charge in [-0.25, -0.2) is 9.37 Å². The third kappa shape index (κ3) is 6.50. The number of H-pyrrole nitrogens is 1. The van der Waals surface area contributed by atoms with E-state index in [2.05, 4.69) is 35.5 Å². The SMILES string of the molecule is COCC(C)(C(=O)N[C@@H](C(=O)NCC1(F)CC1)C1CCC1)c1ccc2nc(C[C@H](c3ccccc3Cl)C(C)C)[nH]c2c1. The fourth-order valence-electron chi connectivity index (χ4n) is 5.90. The van der Waals surface area contributed by atoms with Crippen LogP contribution in [-0.4, -0.2) is 53.8 Å². The van der Waals surface area contributed by atoms with E-state index in [1.807, 2.05) is 43.3 Å². The number of alkyl halides is 1. The number of hydrogen-bond acceptors (Lipinski definition) is 4. The first-order valence-electron chi connectivity index (χ1n) is 15.0. The molecule has 1 heterocycles. The second-order valence-corrected chi connectivity index (χ2v) is 13.2. The number of benzene rings is 2. The molecule has 5 rings (SSSR count). The van der Waals surface area contributed by atoms with Gasteiger partial charge < -0.3 is 20.4 Å². The standard InChI is InChI=1S/C33H42ClFN4O3/c1-20(2)24(23-10-5-6-11-25(23)34)17-28-37-26-13-12-22(16-27(26)38-28)32(3,19-42-4)31(41)39-29(21-8-7-9-21)30(40)36-18-33(35)14-15-33/h5-6,10-13,16,20-21,24,29H,7-9,14-15,17-19H2,1-4H3,(H,36,40)(H,37,38)(H,39,41)/t24-,29+,32?/m0/s1. The molecule has 1 aromatic heterocycles. The lowest BCUT2D eigenvalue weighted by molar-refractivity contribution is -0.135. The molecule has 0 spiro atoms. The van der Waals surface area contributed by atoms with Crippen LogP contribution in [0.4, 0.5) is 4.39 Å². The monoisotopic (exact) mass is 596 g/mol. The minimum atomic E-state index is -1.30. The maximum absolute atomic E-state index is 14.2. The van der Waals surface area contributed by atoms with Crippen LogP contribution < -0.4 is 10.6 Å². The molecule has 3 aromatic rings. The summed E-state index contributed by atoms with van der Waals surface area (Å²) < 4.78 is 19.7. The van der Waals surface area contributed by atoms with Crippen LogP contribution in [0.5, 0.6) is 0 Å². The molecule has 1 unspecified atom stereocenters. The fraction of sp³-hybridized carbons (Fsp3) is 0.545. The van der Waals surface area contributed by atoms with Gasteiger partial charge in [-0.05, 0) is 79.7 Å². The third-order valence-corrected chi connectivity index (χ3v) is 9.53. The Morgan fingerprint density at radius 1 is 1.21 bits per heavy atom. The molecule has 7 nitrogen and oxygen atoms in total. The van der Waals surface area contributed by atoms with Gasteiger partial charge in [-0.15, -0.1) is 0 Å². The Hall–Kier alpha value is -2.97. The van der Waals surface area contributed by atoms with Crippen molar-refractivity contribution in [2.24, 2.45) is 11.8 Å². The van der Waals surface area contributed by atoms with Crippen molar-refractivity contribution in [1.29, 1.82) is 0 Å². The maximum atomic E-state index is 14.2. The number of nitrogens with zero attached hydrogens (tertiary/aromatic N) is 1. The van der Waals surface area contributed by atoms with Crippen LogP contribution in [0.3, 0.4) is 0 Å². The van der Waals surface area contributed by atoms with Crippen LogP contribution in [0.15, 0.2) is 42.5 Å². The topological polar surface area (TPSA) is 96.1 Å². The van der Waals surface area contributed by atoms with Crippen LogP contribution in [0, 0.1) is 11.8 Å². The number of rotatable bonds is 13. The smallest absolute Gasteiger partial charge is 0.242 e. The number of nitrogens with one attached hydrogen (secondary N) is 3. The summed E-state index contributed by atoms with van der Waals surface area (Å²) in [6, 6.07) is 13.0. The first-order valence-corrected chi connectivity index (χ1v) is 15.4. The third-order valence-electron chi connectivity index (χ3n) is 9.19. The average Bonchev–Trinajstić information content (AvgIpc) is 3.52. The molecule has 2 fully saturated rings. The van der Waals surface area contributed by atoms with Crippen molar-refractivity contribution in [2.75, 3.05) is 20.3 Å². The lowest BCUT2D eigenvalue weighted by atomic mass is 9.77. The summed E-state index contributed by atoms with van der Waals surface area (Å²) in [5.74, 6) is 0.814. The predicted molar refractivity (Wildman–Crippen MR) is 163 cm³/mol. The molecule has 3 N–H and O–H groups in total. The summed E-state index contributed by atoms with van der Waals surface area (Å²) in [6.07, 6.45) is 4.35. The number of methoxy groups -OCH3 is 1. The first kappa shape index (κ1) is 30.5. The molecular formula is C33H42ClFN4O3. The molecule has 0 bridgehead atoms. The van der Waals surface area contributed by atoms with Gasteiger partial charge in [0.15, 0.2) is 0 Å². The Kier molecular flexibility index (Phi) is 8.95. The predicted octanol–water partition coefficient (Wildman–Crippen LogP) is 6.01. The van der Waals surface area contributed by atoms with Gasteiger partial charge in [-0.3, -0.25) is 9.59 Å². The Labute approximate surface area is 252 Å². The lowest BCUT2D eigenvalue weighted by Crippen LogP contribution is -2.57. The molecule has 2 saturated carbocycles. The number of fused-ring (bicyclic) bond motifs is 1. The van der Waals surface area contributed by atoms with E-state index in [1.54, 1.807) is 7.11 Å². The Morgan fingerprint density at radius 2 is 1.95 bits per heavy atom. The normalized spacial score (nSPS) is 19.1. The summed E-state index contributed by atoms with van der Waals surface area (Å²) in [5.41, 5.74) is 1.13. The molecule has 226 valence electrons. The summed E-state index contributed by atoms with van der Waals surface area (Å²) in [5, 5.41) is 6.52. The quantitative estimate of drug-likeness (QED) is 0.225. The molecular weight excluding hydrogens is 555 g/mol. The number of aromatic nitrogens is 2. The van der Waals surface area contributed by atoms with Crippen molar-refractivity contribution in [2.45, 2.75) is 82.3 Å². The van der Waals surface area contributed by atoms with Gasteiger partial charge in [0.05, 0.1) is 29.6 Å². The van der Waals surface area contributed by atoms with Crippen LogP contribution in [-0.2, 0) is 26.2 Å². The van der Waals surface area contributed by atoms with Gasteiger partial charge in [-0.2, -0.15) is 0 Å². The molecule has 9 heteroatoms. The number of amides is 2. The van der Waals surface area contributed by atoms with Crippen molar-refractivity contribution in [3.63, 3.8) is 0 Å². The Bertz CT molecular complexity index is 1430. The van der Waals surface area contributed by atoms with Gasteiger partial charge >= 0.3 is 0 Å². The number of aromatic amines is 1. The Balaban J connectivity index is 1.37. The number of hydrogen-bond donors (Lipinski definition) is 3. The summed E-state index contributed by atoms with van der Waals surface area (Å²) in [6.45, 7) is 6.31. The zero-order chi connectivity index (χ0) is 30.1. The van der Waals surface area contributed by atoms with E-state index in [1.165, 1.54) is 0 Å². The first-order chi connectivity index (χ1) is 20.0. The number of carbonyl (C=O) groups is 2. The molecule has 2 aliphatic rings. The fourth-order valence-corrected chi connectivity index (χ4v) is 6.17. The zero-order valence-corrected chi connectivity index (χ0v) is 25.7. The van der Waals surface area contributed by atoms with Crippen molar-refractivity contribution < 1.29 is 18.7 Å². The van der Waals surface area contributed by atoms with Crippen LogP contribution in [0.25, 0.3) is 11.0 Å². The summed E-state index contributed by atoms with van der Waals surface area (Å²) in [7, 11) is 1.56. The van der Waals surface area contributed by atoms with Crippen molar-refractivity contribution in [3.8, 4) is 0 Å². The summed E-state index contributed by atoms with van der Waals surface area (Å²) >= 11 is 6.54. The van der Waals surface area contributed by atoms with Gasteiger partial charge in [0.2, 0.25) is 11.8 Å². The van der Waals surface area contributed by atoms with E-state index in [0.717, 1.165) is 52.3 Å². The number of halogens is 2. The molecule has 2 aliphatic carbocycles. The van der Waals surface area contributed by atoms with E-state index < -0.39 is 17.1 Å². The van der Waals surface area contributed by atoms with Gasteiger partial charge in [0.25, 0.3) is 0 Å². The van der Waals surface area contributed by atoms with Gasteiger partial charge in [0, 0.05) is 18.6 Å². The highest BCUT2D eigenvalue weighted by atomic mass is 35.5. The minimum absolute atomic E-state index is 0.00671. The van der Waals surface area contributed by atoms with Gasteiger partial charge in [0.1, 0.15) is 17.5 Å². The van der Waals surface area contributed by atoms with Crippen LogP contribution in [0.2, 0.25) is 5.02 Å². The second kappa shape index (κ2) is 12.3. The number of imidazole rings is 1. The Morgan fingerprint density at radius 3 is 2.57 bits per heavy atom. The van der Waals surface area contributed by atoms with E-state index in [0.29, 0.717) is 25.2 Å². The summed E-state index contributed by atoms with van der Waals surface area (Å²) in [4.78, 5) is 35.3. The van der Waals surface area contributed by atoms with E-state index in [9.17, 15) is 14.0 Å². The van der Waals surface area contributed by atoms with Crippen LogP contribution in [0.1, 0.15) is 75.7 Å². The highest BCUT2D eigenvalue weighted by molar-refractivity contribution is 6.31. The minimum Gasteiger partial charge on any atom is -0.383 e. The van der Waals surface area contributed by atoms with E-state index in [-0.39, 0.29) is 36.8 Å². The molecule has 0 saturated heterocycles. The highest BCUT2D eigenvalue weighted by Gasteiger charge is 2.45. The van der Waals surface area contributed by atoms with Crippen molar-refractivity contribution in [1.82, 2.24) is 20.6 Å². The molecule has 2 amide bonds. The average molecular weight is 597 g/mol. The van der Waals surface area contributed by atoms with Crippen LogP contribution >= 0.6 is 11.6 Å². The molecule has 0 radical (unpaired) electrons. The highest BCUT2D eigenvalue weighted by Crippen LogP contribution is 2.39. The van der Waals surface area contributed by atoms with E-state index in [4.69, 9.17) is 21.3 Å². The molecule has 2 aromatic carbocycles. The second-order valence-electron chi connectivity index (χ2n) is 12.8. The zero-order valence-electron chi connectivity index (χ0n) is 24.9. The van der Waals surface area contributed by atoms with Crippen molar-refractivity contribution >= 4 is 34.4 Å². The molecule has 3 atom stereocenters.